The molecule has 0 saturated carbocycles. The standard InChI is InChI=1S/C19H18N2O2S/c1-11(2)16-10-15(17(20)22)19(24-16)21-18(23)14-8-7-12-5-3-4-6-13(12)9-14/h3-11H,1-2H3,(H2,20,22)(H,21,23). The highest BCUT2D eigenvalue weighted by Crippen LogP contribution is 2.33. The number of amides is 2. The van der Waals surface area contributed by atoms with Gasteiger partial charge in [0.2, 0.25) is 0 Å². The summed E-state index contributed by atoms with van der Waals surface area (Å²) in [5.41, 5.74) is 6.34. The molecule has 2 amide bonds. The molecule has 0 fully saturated rings. The highest BCUT2D eigenvalue weighted by molar-refractivity contribution is 7.16. The molecule has 0 bridgehead atoms. The highest BCUT2D eigenvalue weighted by atomic mass is 32.1. The monoisotopic (exact) mass is 338 g/mol. The number of primary amides is 1. The summed E-state index contributed by atoms with van der Waals surface area (Å²) in [6, 6.07) is 15.1. The summed E-state index contributed by atoms with van der Waals surface area (Å²) in [7, 11) is 0. The van der Waals surface area contributed by atoms with E-state index in [1.54, 1.807) is 12.1 Å². The van der Waals surface area contributed by atoms with E-state index in [-0.39, 0.29) is 11.8 Å². The Hall–Kier alpha value is -2.66. The summed E-state index contributed by atoms with van der Waals surface area (Å²) in [6.45, 7) is 4.07. The number of thiophene rings is 1. The molecule has 0 radical (unpaired) electrons. The van der Waals surface area contributed by atoms with Crippen LogP contribution in [0, 0.1) is 0 Å². The van der Waals surface area contributed by atoms with Crippen molar-refractivity contribution >= 4 is 38.9 Å². The van der Waals surface area contributed by atoms with Crippen molar-refractivity contribution in [3.8, 4) is 0 Å². The molecule has 0 aliphatic rings. The zero-order chi connectivity index (χ0) is 17.3. The number of anilines is 1. The van der Waals surface area contributed by atoms with Crippen LogP contribution in [0.5, 0.6) is 0 Å². The van der Waals surface area contributed by atoms with Crippen LogP contribution in [0.4, 0.5) is 5.00 Å². The Morgan fingerprint density at radius 2 is 1.75 bits per heavy atom. The van der Waals surface area contributed by atoms with E-state index < -0.39 is 5.91 Å². The van der Waals surface area contributed by atoms with Crippen LogP contribution >= 0.6 is 11.3 Å². The van der Waals surface area contributed by atoms with Crippen molar-refractivity contribution in [1.82, 2.24) is 0 Å². The normalized spacial score (nSPS) is 11.0. The van der Waals surface area contributed by atoms with Gasteiger partial charge in [-0.2, -0.15) is 0 Å². The molecular weight excluding hydrogens is 320 g/mol. The smallest absolute Gasteiger partial charge is 0.256 e. The van der Waals surface area contributed by atoms with Gasteiger partial charge >= 0.3 is 0 Å². The largest absolute Gasteiger partial charge is 0.366 e. The lowest BCUT2D eigenvalue weighted by atomic mass is 10.1. The van der Waals surface area contributed by atoms with Crippen molar-refractivity contribution in [2.45, 2.75) is 19.8 Å². The maximum Gasteiger partial charge on any atom is 0.256 e. The molecule has 0 aliphatic carbocycles. The fourth-order valence-corrected chi connectivity index (χ4v) is 3.54. The molecule has 1 heterocycles. The summed E-state index contributed by atoms with van der Waals surface area (Å²) in [5, 5.41) is 5.40. The van der Waals surface area contributed by atoms with Crippen LogP contribution in [0.3, 0.4) is 0 Å². The fourth-order valence-electron chi connectivity index (χ4n) is 2.48. The summed E-state index contributed by atoms with van der Waals surface area (Å²) in [6.07, 6.45) is 0. The Labute approximate surface area is 144 Å². The molecule has 0 spiro atoms. The van der Waals surface area contributed by atoms with Crippen LogP contribution < -0.4 is 11.1 Å². The van der Waals surface area contributed by atoms with Gasteiger partial charge in [-0.3, -0.25) is 9.59 Å². The average Bonchev–Trinajstić information content (AvgIpc) is 2.98. The van der Waals surface area contributed by atoms with E-state index >= 15 is 0 Å². The minimum absolute atomic E-state index is 0.250. The number of fused-ring (bicyclic) bond motifs is 1. The Morgan fingerprint density at radius 3 is 2.42 bits per heavy atom. The Balaban J connectivity index is 1.92. The van der Waals surface area contributed by atoms with E-state index in [1.807, 2.05) is 50.2 Å². The van der Waals surface area contributed by atoms with E-state index in [9.17, 15) is 9.59 Å². The third kappa shape index (κ3) is 3.16. The van der Waals surface area contributed by atoms with Crippen molar-refractivity contribution in [3.63, 3.8) is 0 Å². The van der Waals surface area contributed by atoms with Crippen molar-refractivity contribution < 1.29 is 9.59 Å². The van der Waals surface area contributed by atoms with Crippen LogP contribution in [0.1, 0.15) is 45.4 Å². The lowest BCUT2D eigenvalue weighted by molar-refractivity contribution is 0.100. The summed E-state index contributed by atoms with van der Waals surface area (Å²) < 4.78 is 0. The van der Waals surface area contributed by atoms with E-state index in [4.69, 9.17) is 5.73 Å². The number of nitrogens with two attached hydrogens (primary N) is 1. The van der Waals surface area contributed by atoms with Gasteiger partial charge in [-0.1, -0.05) is 44.2 Å². The number of carbonyl (C=O) groups excluding carboxylic acids is 2. The lowest BCUT2D eigenvalue weighted by Gasteiger charge is -2.06. The molecule has 3 rings (SSSR count). The number of hydrogen-bond donors (Lipinski definition) is 2. The first kappa shape index (κ1) is 16.2. The van der Waals surface area contributed by atoms with E-state index in [0.29, 0.717) is 16.1 Å². The first-order valence-electron chi connectivity index (χ1n) is 7.69. The fraction of sp³-hybridized carbons (Fsp3) is 0.158. The Morgan fingerprint density at radius 1 is 1.04 bits per heavy atom. The maximum atomic E-state index is 12.6. The topological polar surface area (TPSA) is 72.2 Å². The molecule has 122 valence electrons. The van der Waals surface area contributed by atoms with Crippen molar-refractivity contribution in [2.75, 3.05) is 5.32 Å². The summed E-state index contributed by atoms with van der Waals surface area (Å²) >= 11 is 1.39. The van der Waals surface area contributed by atoms with Crippen LogP contribution in [0.2, 0.25) is 0 Å². The molecule has 5 heteroatoms. The van der Waals surface area contributed by atoms with Gasteiger partial charge < -0.3 is 11.1 Å². The van der Waals surface area contributed by atoms with Crippen LogP contribution in [-0.2, 0) is 0 Å². The van der Waals surface area contributed by atoms with Crippen LogP contribution in [-0.4, -0.2) is 11.8 Å². The molecule has 0 saturated heterocycles. The number of nitrogens with one attached hydrogen (secondary N) is 1. The van der Waals surface area contributed by atoms with Crippen LogP contribution in [0.25, 0.3) is 10.8 Å². The van der Waals surface area contributed by atoms with Gasteiger partial charge in [0.1, 0.15) is 5.00 Å². The van der Waals surface area contributed by atoms with Gasteiger partial charge in [0.05, 0.1) is 5.56 Å². The minimum atomic E-state index is -0.535. The summed E-state index contributed by atoms with van der Waals surface area (Å²) in [4.78, 5) is 25.2. The predicted octanol–water partition coefficient (Wildman–Crippen LogP) is 4.38. The second kappa shape index (κ2) is 6.45. The van der Waals surface area contributed by atoms with E-state index in [2.05, 4.69) is 5.32 Å². The molecule has 0 atom stereocenters. The van der Waals surface area contributed by atoms with Gasteiger partial charge in [0.25, 0.3) is 11.8 Å². The number of carbonyl (C=O) groups is 2. The maximum absolute atomic E-state index is 12.6. The van der Waals surface area contributed by atoms with E-state index in [1.165, 1.54) is 11.3 Å². The molecule has 3 N–H and O–H groups in total. The summed E-state index contributed by atoms with van der Waals surface area (Å²) in [5.74, 6) is -0.521. The average molecular weight is 338 g/mol. The quantitative estimate of drug-likeness (QED) is 0.741. The molecular formula is C19H18N2O2S. The molecule has 24 heavy (non-hydrogen) atoms. The molecule has 0 unspecified atom stereocenters. The molecule has 3 aromatic rings. The lowest BCUT2D eigenvalue weighted by Crippen LogP contribution is -2.16. The predicted molar refractivity (Wildman–Crippen MR) is 98.8 cm³/mol. The van der Waals surface area contributed by atoms with E-state index in [0.717, 1.165) is 15.6 Å². The zero-order valence-corrected chi connectivity index (χ0v) is 14.3. The second-order valence-corrected chi connectivity index (χ2v) is 7.01. The van der Waals surface area contributed by atoms with Gasteiger partial charge in [-0.05, 0) is 34.9 Å². The first-order valence-corrected chi connectivity index (χ1v) is 8.51. The van der Waals surface area contributed by atoms with Crippen molar-refractivity contribution in [3.05, 3.63) is 64.5 Å². The minimum Gasteiger partial charge on any atom is -0.366 e. The zero-order valence-electron chi connectivity index (χ0n) is 13.5. The molecule has 1 aromatic heterocycles. The van der Waals surface area contributed by atoms with Crippen molar-refractivity contribution in [2.24, 2.45) is 5.73 Å². The van der Waals surface area contributed by atoms with Crippen LogP contribution in [0.15, 0.2) is 48.5 Å². The van der Waals surface area contributed by atoms with Gasteiger partial charge in [-0.15, -0.1) is 11.3 Å². The van der Waals surface area contributed by atoms with Gasteiger partial charge in [0.15, 0.2) is 0 Å². The number of hydrogen-bond acceptors (Lipinski definition) is 3. The second-order valence-electron chi connectivity index (χ2n) is 5.93. The molecule has 0 aliphatic heterocycles. The van der Waals surface area contributed by atoms with Crippen molar-refractivity contribution in [1.29, 1.82) is 0 Å². The first-order chi connectivity index (χ1) is 11.5. The van der Waals surface area contributed by atoms with Gasteiger partial charge in [-0.25, -0.2) is 0 Å². The number of rotatable bonds is 4. The third-order valence-electron chi connectivity index (χ3n) is 3.82. The SMILES string of the molecule is CC(C)c1cc(C(N)=O)c(NC(=O)c2ccc3ccccc3c2)s1. The highest BCUT2D eigenvalue weighted by Gasteiger charge is 2.18. The third-order valence-corrected chi connectivity index (χ3v) is 5.18. The Kier molecular flexibility index (Phi) is 4.36. The molecule has 4 nitrogen and oxygen atoms in total. The molecule has 2 aromatic carbocycles. The number of benzene rings is 2. The van der Waals surface area contributed by atoms with Gasteiger partial charge in [0, 0.05) is 10.4 Å². The Bertz CT molecular complexity index is 928.